The molecular formula is C19H25N3O4S. The first kappa shape index (κ1) is 19.5. The number of benzene rings is 1. The molecule has 2 heterocycles. The standard InChI is InChI=1S/C19H25N3O4S/c1-3-13-6-5-7-14(4-2)18(13)20-19(24)16-8-9-17(23)22(21-16)15-10-11-27(25,26)12-15/h5-7,15H,3-4,8-12H2,1-2H3,(H,20,24). The first-order chi connectivity index (χ1) is 12.8. The highest BCUT2D eigenvalue weighted by Gasteiger charge is 2.37. The molecule has 0 aromatic heterocycles. The Bertz CT molecular complexity index is 870. The Morgan fingerprint density at radius 1 is 1.22 bits per heavy atom. The summed E-state index contributed by atoms with van der Waals surface area (Å²) in [5, 5.41) is 8.43. The molecule has 1 atom stereocenters. The fraction of sp³-hybridized carbons (Fsp3) is 0.526. The van der Waals surface area contributed by atoms with Crippen molar-refractivity contribution in [2.24, 2.45) is 5.10 Å². The molecule has 2 amide bonds. The SMILES string of the molecule is CCc1cccc(CC)c1NC(=O)C1=NN(C2CCS(=O)(=O)C2)C(=O)CC1. The van der Waals surface area contributed by atoms with Crippen LogP contribution >= 0.6 is 0 Å². The van der Waals surface area contributed by atoms with E-state index in [1.807, 2.05) is 32.0 Å². The highest BCUT2D eigenvalue weighted by Crippen LogP contribution is 2.25. The number of carbonyl (C=O) groups excluding carboxylic acids is 2. The van der Waals surface area contributed by atoms with Crippen LogP contribution in [0.5, 0.6) is 0 Å². The van der Waals surface area contributed by atoms with Gasteiger partial charge in [-0.15, -0.1) is 0 Å². The molecule has 3 rings (SSSR count). The van der Waals surface area contributed by atoms with E-state index >= 15 is 0 Å². The molecular weight excluding hydrogens is 366 g/mol. The minimum Gasteiger partial charge on any atom is -0.320 e. The minimum absolute atomic E-state index is 0.0578. The van der Waals surface area contributed by atoms with Crippen LogP contribution in [0.3, 0.4) is 0 Å². The quantitative estimate of drug-likeness (QED) is 0.829. The molecule has 146 valence electrons. The summed E-state index contributed by atoms with van der Waals surface area (Å²) in [4.78, 5) is 25.0. The molecule has 7 nitrogen and oxygen atoms in total. The van der Waals surface area contributed by atoms with Gasteiger partial charge in [-0.3, -0.25) is 9.59 Å². The second kappa shape index (κ2) is 7.80. The summed E-state index contributed by atoms with van der Waals surface area (Å²) < 4.78 is 23.4. The van der Waals surface area contributed by atoms with Crippen LogP contribution in [-0.2, 0) is 32.3 Å². The third-order valence-electron chi connectivity index (χ3n) is 5.11. The molecule has 1 N–H and O–H groups in total. The van der Waals surface area contributed by atoms with E-state index in [0.717, 1.165) is 29.7 Å². The molecule has 2 aliphatic rings. The van der Waals surface area contributed by atoms with Gasteiger partial charge in [0.15, 0.2) is 9.84 Å². The zero-order valence-corrected chi connectivity index (χ0v) is 16.5. The predicted octanol–water partition coefficient (Wildman–Crippen LogP) is 1.92. The van der Waals surface area contributed by atoms with Gasteiger partial charge in [0.05, 0.1) is 17.5 Å². The fourth-order valence-electron chi connectivity index (χ4n) is 3.58. The lowest BCUT2D eigenvalue weighted by molar-refractivity contribution is -0.133. The lowest BCUT2D eigenvalue weighted by atomic mass is 10.0. The molecule has 0 bridgehead atoms. The molecule has 1 aromatic carbocycles. The van der Waals surface area contributed by atoms with Gasteiger partial charge in [0.1, 0.15) is 5.71 Å². The summed E-state index contributed by atoms with van der Waals surface area (Å²) >= 11 is 0. The third-order valence-corrected chi connectivity index (χ3v) is 6.86. The molecule has 2 aliphatic heterocycles. The Labute approximate surface area is 159 Å². The molecule has 8 heteroatoms. The molecule has 0 saturated carbocycles. The van der Waals surface area contributed by atoms with E-state index in [2.05, 4.69) is 10.4 Å². The Kier molecular flexibility index (Phi) is 5.64. The maximum absolute atomic E-state index is 12.8. The van der Waals surface area contributed by atoms with E-state index in [1.54, 1.807) is 0 Å². The fourth-order valence-corrected chi connectivity index (χ4v) is 5.27. The normalized spacial score (nSPS) is 21.9. The smallest absolute Gasteiger partial charge is 0.271 e. The van der Waals surface area contributed by atoms with Crippen molar-refractivity contribution < 1.29 is 18.0 Å². The van der Waals surface area contributed by atoms with E-state index in [0.29, 0.717) is 6.42 Å². The Hall–Kier alpha value is -2.22. The Morgan fingerprint density at radius 3 is 2.44 bits per heavy atom. The average molecular weight is 391 g/mol. The highest BCUT2D eigenvalue weighted by atomic mass is 32.2. The van der Waals surface area contributed by atoms with Gasteiger partial charge in [-0.05, 0) is 30.4 Å². The lowest BCUT2D eigenvalue weighted by Gasteiger charge is -2.27. The molecule has 1 aromatic rings. The second-order valence-electron chi connectivity index (χ2n) is 6.95. The number of carbonyl (C=O) groups is 2. The van der Waals surface area contributed by atoms with Crippen molar-refractivity contribution in [3.05, 3.63) is 29.3 Å². The average Bonchev–Trinajstić information content (AvgIpc) is 3.01. The van der Waals surface area contributed by atoms with Gasteiger partial charge in [-0.1, -0.05) is 32.0 Å². The van der Waals surface area contributed by atoms with Crippen LogP contribution in [-0.4, -0.2) is 48.5 Å². The summed E-state index contributed by atoms with van der Waals surface area (Å²) in [6.45, 7) is 4.06. The zero-order valence-electron chi connectivity index (χ0n) is 15.7. The van der Waals surface area contributed by atoms with Crippen LogP contribution in [0.4, 0.5) is 5.69 Å². The van der Waals surface area contributed by atoms with Crippen molar-refractivity contribution in [1.82, 2.24) is 5.01 Å². The molecule has 1 fully saturated rings. The van der Waals surface area contributed by atoms with Crippen LogP contribution in [0.15, 0.2) is 23.3 Å². The number of nitrogens with zero attached hydrogens (tertiary/aromatic N) is 2. The molecule has 0 radical (unpaired) electrons. The van der Waals surface area contributed by atoms with E-state index in [9.17, 15) is 18.0 Å². The number of anilines is 1. The molecule has 1 unspecified atom stereocenters. The van der Waals surface area contributed by atoms with Crippen LogP contribution in [0.25, 0.3) is 0 Å². The summed E-state index contributed by atoms with van der Waals surface area (Å²) in [6, 6.07) is 5.47. The first-order valence-electron chi connectivity index (χ1n) is 9.36. The number of rotatable bonds is 5. The van der Waals surface area contributed by atoms with Gasteiger partial charge >= 0.3 is 0 Å². The van der Waals surface area contributed by atoms with Crippen LogP contribution in [0.1, 0.15) is 44.2 Å². The first-order valence-corrected chi connectivity index (χ1v) is 11.2. The summed E-state index contributed by atoms with van der Waals surface area (Å²) in [6.07, 6.45) is 2.38. The van der Waals surface area contributed by atoms with E-state index in [1.165, 1.54) is 5.01 Å². The Balaban J connectivity index is 1.83. The number of nitrogens with one attached hydrogen (secondary N) is 1. The van der Waals surface area contributed by atoms with Gasteiger partial charge in [0.2, 0.25) is 5.91 Å². The molecule has 0 spiro atoms. The van der Waals surface area contributed by atoms with Crippen molar-refractivity contribution in [3.8, 4) is 0 Å². The molecule has 0 aliphatic carbocycles. The number of sulfone groups is 1. The van der Waals surface area contributed by atoms with E-state index in [-0.39, 0.29) is 41.9 Å². The zero-order chi connectivity index (χ0) is 19.6. The van der Waals surface area contributed by atoms with Gasteiger partial charge in [-0.25, -0.2) is 13.4 Å². The van der Waals surface area contributed by atoms with Gasteiger partial charge in [-0.2, -0.15) is 5.10 Å². The summed E-state index contributed by atoms with van der Waals surface area (Å²) in [5.74, 6) is -0.585. The summed E-state index contributed by atoms with van der Waals surface area (Å²) in [5.41, 5.74) is 3.18. The van der Waals surface area contributed by atoms with Crippen molar-refractivity contribution >= 4 is 33.1 Å². The lowest BCUT2D eigenvalue weighted by Crippen LogP contribution is -2.42. The Morgan fingerprint density at radius 2 is 1.89 bits per heavy atom. The topological polar surface area (TPSA) is 95.9 Å². The maximum atomic E-state index is 12.8. The van der Waals surface area contributed by atoms with Crippen LogP contribution < -0.4 is 5.32 Å². The monoisotopic (exact) mass is 391 g/mol. The number of hydrogen-bond acceptors (Lipinski definition) is 5. The van der Waals surface area contributed by atoms with Crippen molar-refractivity contribution in [2.75, 3.05) is 16.8 Å². The van der Waals surface area contributed by atoms with Crippen molar-refractivity contribution in [2.45, 2.75) is 52.0 Å². The number of hydrogen-bond donors (Lipinski definition) is 1. The number of hydrazone groups is 1. The van der Waals surface area contributed by atoms with Gasteiger partial charge in [0, 0.05) is 18.5 Å². The minimum atomic E-state index is -3.14. The predicted molar refractivity (Wildman–Crippen MR) is 104 cm³/mol. The maximum Gasteiger partial charge on any atom is 0.271 e. The van der Waals surface area contributed by atoms with Gasteiger partial charge in [0.25, 0.3) is 5.91 Å². The highest BCUT2D eigenvalue weighted by molar-refractivity contribution is 7.91. The largest absolute Gasteiger partial charge is 0.320 e. The summed E-state index contributed by atoms with van der Waals surface area (Å²) in [7, 11) is -3.14. The number of para-hydroxylation sites is 1. The van der Waals surface area contributed by atoms with Gasteiger partial charge < -0.3 is 5.32 Å². The van der Waals surface area contributed by atoms with E-state index in [4.69, 9.17) is 0 Å². The van der Waals surface area contributed by atoms with E-state index < -0.39 is 15.9 Å². The number of aryl methyl sites for hydroxylation is 2. The molecule has 27 heavy (non-hydrogen) atoms. The van der Waals surface area contributed by atoms with Crippen LogP contribution in [0.2, 0.25) is 0 Å². The third kappa shape index (κ3) is 4.21. The van der Waals surface area contributed by atoms with Crippen molar-refractivity contribution in [1.29, 1.82) is 0 Å². The number of amides is 2. The second-order valence-corrected chi connectivity index (χ2v) is 9.18. The van der Waals surface area contributed by atoms with Crippen molar-refractivity contribution in [3.63, 3.8) is 0 Å². The molecule has 1 saturated heterocycles. The van der Waals surface area contributed by atoms with Crippen LogP contribution in [0, 0.1) is 0 Å².